The second-order valence-corrected chi connectivity index (χ2v) is 11.9. The topological polar surface area (TPSA) is 108 Å². The van der Waals surface area contributed by atoms with Crippen molar-refractivity contribution in [3.8, 4) is 5.75 Å². The molecular formula is C31H43BrFN3O5. The molecule has 0 saturated heterocycles. The van der Waals surface area contributed by atoms with E-state index in [1.807, 2.05) is 24.3 Å². The first-order valence-corrected chi connectivity index (χ1v) is 15.2. The van der Waals surface area contributed by atoms with Crippen LogP contribution in [0.3, 0.4) is 0 Å². The molecule has 10 heteroatoms. The van der Waals surface area contributed by atoms with E-state index in [-0.39, 0.29) is 31.2 Å². The average Bonchev–Trinajstić information content (AvgIpc) is 2.88. The van der Waals surface area contributed by atoms with E-state index in [4.69, 9.17) is 4.74 Å². The van der Waals surface area contributed by atoms with Gasteiger partial charge >= 0.3 is 6.09 Å². The Kier molecular flexibility index (Phi) is 14.1. The molecule has 226 valence electrons. The quantitative estimate of drug-likeness (QED) is 0.174. The van der Waals surface area contributed by atoms with Gasteiger partial charge in [-0.05, 0) is 81.7 Å². The van der Waals surface area contributed by atoms with Crippen LogP contribution in [0.15, 0.2) is 42.5 Å². The summed E-state index contributed by atoms with van der Waals surface area (Å²) in [6, 6.07) is 11.2. The lowest BCUT2D eigenvalue weighted by Crippen LogP contribution is -2.45. The van der Waals surface area contributed by atoms with Crippen LogP contribution in [0.5, 0.6) is 5.75 Å². The molecule has 2 aromatic carbocycles. The number of phenols is 1. The SMILES string of the molecule is CCc1cccc(CN(CC[C@H](Cc2cc(O)cc(F)c2)NC(=O)CNC(=O)CCCCBr)C(=O)OC(C)(C)C)c1. The number of aromatic hydroxyl groups is 1. The molecule has 1 atom stereocenters. The van der Waals surface area contributed by atoms with Gasteiger partial charge in [0.1, 0.15) is 17.2 Å². The van der Waals surface area contributed by atoms with E-state index in [2.05, 4.69) is 33.5 Å². The van der Waals surface area contributed by atoms with E-state index in [1.54, 1.807) is 25.7 Å². The summed E-state index contributed by atoms with van der Waals surface area (Å²) in [6.45, 7) is 7.83. The average molecular weight is 637 g/mol. The number of unbranched alkanes of at least 4 members (excludes halogenated alkanes) is 1. The Morgan fingerprint density at radius 3 is 2.44 bits per heavy atom. The molecule has 0 saturated carbocycles. The van der Waals surface area contributed by atoms with Crippen LogP contribution in [0, 0.1) is 5.82 Å². The molecule has 0 aliphatic heterocycles. The van der Waals surface area contributed by atoms with Crippen molar-refractivity contribution < 1.29 is 28.6 Å². The molecule has 3 N–H and O–H groups in total. The minimum absolute atomic E-state index is 0.197. The van der Waals surface area contributed by atoms with Gasteiger partial charge in [-0.3, -0.25) is 9.59 Å². The Balaban J connectivity index is 2.18. The Labute approximate surface area is 251 Å². The zero-order chi connectivity index (χ0) is 30.4. The third-order valence-corrected chi connectivity index (χ3v) is 6.76. The largest absolute Gasteiger partial charge is 0.508 e. The molecule has 0 aromatic heterocycles. The van der Waals surface area contributed by atoms with Crippen molar-refractivity contribution in [2.75, 3.05) is 18.4 Å². The van der Waals surface area contributed by atoms with Crippen LogP contribution < -0.4 is 10.6 Å². The van der Waals surface area contributed by atoms with Crippen molar-refractivity contribution >= 4 is 33.8 Å². The summed E-state index contributed by atoms with van der Waals surface area (Å²) in [5, 5.41) is 16.2. The van der Waals surface area contributed by atoms with E-state index in [1.165, 1.54) is 12.1 Å². The van der Waals surface area contributed by atoms with Gasteiger partial charge in [0.2, 0.25) is 11.8 Å². The van der Waals surface area contributed by atoms with Crippen molar-refractivity contribution in [2.45, 2.75) is 84.4 Å². The normalized spacial score (nSPS) is 12.0. The first kappa shape index (κ1) is 34.1. The highest BCUT2D eigenvalue weighted by Crippen LogP contribution is 2.19. The summed E-state index contributed by atoms with van der Waals surface area (Å²) in [6.07, 6.45) is 2.82. The number of nitrogens with one attached hydrogen (secondary N) is 2. The summed E-state index contributed by atoms with van der Waals surface area (Å²) >= 11 is 3.33. The van der Waals surface area contributed by atoms with E-state index in [0.717, 1.165) is 35.4 Å². The number of aryl methyl sites for hydroxylation is 1. The van der Waals surface area contributed by atoms with Crippen LogP contribution in [0.2, 0.25) is 0 Å². The molecule has 0 bridgehead atoms. The summed E-state index contributed by atoms with van der Waals surface area (Å²) in [4.78, 5) is 39.6. The van der Waals surface area contributed by atoms with Crippen molar-refractivity contribution in [3.05, 3.63) is 65.0 Å². The lowest BCUT2D eigenvalue weighted by atomic mass is 10.0. The van der Waals surface area contributed by atoms with Gasteiger partial charge in [-0.25, -0.2) is 9.18 Å². The summed E-state index contributed by atoms with van der Waals surface area (Å²) < 4.78 is 19.7. The lowest BCUT2D eigenvalue weighted by molar-refractivity contribution is -0.126. The summed E-state index contributed by atoms with van der Waals surface area (Å²) in [7, 11) is 0. The minimum atomic E-state index is -0.694. The molecule has 0 heterocycles. The van der Waals surface area contributed by atoms with E-state index >= 15 is 0 Å². The van der Waals surface area contributed by atoms with Crippen molar-refractivity contribution in [1.29, 1.82) is 0 Å². The third-order valence-electron chi connectivity index (χ3n) is 6.20. The second-order valence-electron chi connectivity index (χ2n) is 11.1. The highest BCUT2D eigenvalue weighted by molar-refractivity contribution is 9.09. The predicted molar refractivity (Wildman–Crippen MR) is 161 cm³/mol. The number of amides is 3. The van der Waals surface area contributed by atoms with Gasteiger partial charge in [0, 0.05) is 36.9 Å². The summed E-state index contributed by atoms with van der Waals surface area (Å²) in [5.41, 5.74) is 1.90. The molecule has 0 aliphatic carbocycles. The number of carbonyl (C=O) groups is 3. The molecule has 2 aromatic rings. The molecule has 0 radical (unpaired) electrons. The van der Waals surface area contributed by atoms with E-state index in [9.17, 15) is 23.9 Å². The number of phenolic OH excluding ortho intramolecular Hbond substituents is 1. The number of halogens is 2. The van der Waals surface area contributed by atoms with Gasteiger partial charge in [0.05, 0.1) is 6.54 Å². The van der Waals surface area contributed by atoms with Crippen molar-refractivity contribution in [3.63, 3.8) is 0 Å². The van der Waals surface area contributed by atoms with Gasteiger partial charge in [-0.2, -0.15) is 0 Å². The fourth-order valence-electron chi connectivity index (χ4n) is 4.23. The Morgan fingerprint density at radius 2 is 1.78 bits per heavy atom. The fraction of sp³-hybridized carbons (Fsp3) is 0.516. The highest BCUT2D eigenvalue weighted by atomic mass is 79.9. The van der Waals surface area contributed by atoms with Gasteiger partial charge in [0.15, 0.2) is 0 Å². The van der Waals surface area contributed by atoms with Crippen LogP contribution >= 0.6 is 15.9 Å². The van der Waals surface area contributed by atoms with Crippen LogP contribution in [0.1, 0.15) is 70.1 Å². The Bertz CT molecular complexity index is 1130. The number of ether oxygens (including phenoxy) is 1. The first-order valence-electron chi connectivity index (χ1n) is 14.0. The predicted octanol–water partition coefficient (Wildman–Crippen LogP) is 5.63. The monoisotopic (exact) mass is 635 g/mol. The second kappa shape index (κ2) is 17.0. The van der Waals surface area contributed by atoms with Crippen LogP contribution in [-0.2, 0) is 33.7 Å². The van der Waals surface area contributed by atoms with Crippen LogP contribution in [0.4, 0.5) is 9.18 Å². The number of alkyl halides is 1. The third kappa shape index (κ3) is 13.9. The maximum absolute atomic E-state index is 14.0. The standard InChI is InChI=1S/C31H43BrFN3O5/c1-5-22-9-8-10-23(15-22)21-36(30(40)41-31(2,3)4)14-12-26(17-24-16-25(33)19-27(37)18-24)35-29(39)20-34-28(38)11-6-7-13-32/h8-10,15-16,18-19,26,37H,5-7,11-14,17,20-21H2,1-4H3,(H,34,38)(H,35,39)/t26-/m1/s1. The maximum atomic E-state index is 14.0. The number of hydrogen-bond donors (Lipinski definition) is 3. The Hall–Kier alpha value is -3.14. The molecule has 0 spiro atoms. The molecule has 41 heavy (non-hydrogen) atoms. The minimum Gasteiger partial charge on any atom is -0.508 e. The zero-order valence-corrected chi connectivity index (χ0v) is 26.1. The zero-order valence-electron chi connectivity index (χ0n) is 24.5. The molecule has 0 aliphatic rings. The molecule has 0 unspecified atom stereocenters. The number of hydrogen-bond acceptors (Lipinski definition) is 5. The van der Waals surface area contributed by atoms with E-state index in [0.29, 0.717) is 31.4 Å². The van der Waals surface area contributed by atoms with Gasteiger partial charge < -0.3 is 25.4 Å². The Morgan fingerprint density at radius 1 is 1.05 bits per heavy atom. The molecule has 3 amide bonds. The van der Waals surface area contributed by atoms with Crippen molar-refractivity contribution in [1.82, 2.24) is 15.5 Å². The van der Waals surface area contributed by atoms with Crippen LogP contribution in [-0.4, -0.2) is 58.0 Å². The number of nitrogens with zero attached hydrogens (tertiary/aromatic N) is 1. The number of rotatable bonds is 15. The van der Waals surface area contributed by atoms with Crippen LogP contribution in [0.25, 0.3) is 0 Å². The van der Waals surface area contributed by atoms with Crippen molar-refractivity contribution in [2.24, 2.45) is 0 Å². The lowest BCUT2D eigenvalue weighted by Gasteiger charge is -2.29. The molecule has 2 rings (SSSR count). The smallest absolute Gasteiger partial charge is 0.410 e. The highest BCUT2D eigenvalue weighted by Gasteiger charge is 2.24. The fourth-order valence-corrected chi connectivity index (χ4v) is 4.62. The van der Waals surface area contributed by atoms with Gasteiger partial charge in [-0.1, -0.05) is 47.1 Å². The summed E-state index contributed by atoms with van der Waals surface area (Å²) in [5.74, 6) is -1.42. The maximum Gasteiger partial charge on any atom is 0.410 e. The number of carbonyl (C=O) groups excluding carboxylic acids is 3. The van der Waals surface area contributed by atoms with Gasteiger partial charge in [0.25, 0.3) is 0 Å². The van der Waals surface area contributed by atoms with Gasteiger partial charge in [-0.15, -0.1) is 0 Å². The molecular weight excluding hydrogens is 593 g/mol. The van der Waals surface area contributed by atoms with E-state index < -0.39 is 29.5 Å². The first-order chi connectivity index (χ1) is 19.4. The molecule has 8 nitrogen and oxygen atoms in total. The molecule has 0 fully saturated rings. The number of benzene rings is 2.